The van der Waals surface area contributed by atoms with Crippen LogP contribution < -0.4 is 5.73 Å². The SMILES string of the molecule is Cc1nc([C@@H]2CN(Cc3ccccc3)C[C@H]2C(N)=O)n[nH]1. The predicted octanol–water partition coefficient (Wildman–Crippen LogP) is 0.814. The van der Waals surface area contributed by atoms with E-state index in [9.17, 15) is 4.79 Å². The number of aromatic nitrogens is 3. The number of carbonyl (C=O) groups is 1. The second-order valence-corrected chi connectivity index (χ2v) is 5.57. The van der Waals surface area contributed by atoms with Crippen molar-refractivity contribution in [2.24, 2.45) is 11.7 Å². The van der Waals surface area contributed by atoms with Crippen LogP contribution in [0.5, 0.6) is 0 Å². The summed E-state index contributed by atoms with van der Waals surface area (Å²) in [5, 5.41) is 7.04. The minimum atomic E-state index is -0.280. The predicted molar refractivity (Wildman–Crippen MR) is 78.3 cm³/mol. The Morgan fingerprint density at radius 3 is 2.76 bits per heavy atom. The number of amides is 1. The number of hydrogen-bond acceptors (Lipinski definition) is 4. The molecule has 3 rings (SSSR count). The van der Waals surface area contributed by atoms with Gasteiger partial charge in [-0.3, -0.25) is 14.8 Å². The zero-order chi connectivity index (χ0) is 14.8. The number of hydrogen-bond donors (Lipinski definition) is 2. The highest BCUT2D eigenvalue weighted by Gasteiger charge is 2.39. The third-order valence-corrected chi connectivity index (χ3v) is 3.96. The summed E-state index contributed by atoms with van der Waals surface area (Å²) in [5.74, 6) is 0.902. The molecule has 0 radical (unpaired) electrons. The molecule has 0 aliphatic carbocycles. The van der Waals surface area contributed by atoms with E-state index in [0.717, 1.165) is 18.9 Å². The molecule has 1 fully saturated rings. The quantitative estimate of drug-likeness (QED) is 0.870. The van der Waals surface area contributed by atoms with Gasteiger partial charge in [-0.2, -0.15) is 5.10 Å². The first-order chi connectivity index (χ1) is 10.1. The molecule has 2 aromatic rings. The summed E-state index contributed by atoms with van der Waals surface area (Å²) in [6.45, 7) is 4.07. The average molecular weight is 285 g/mol. The lowest BCUT2D eigenvalue weighted by Gasteiger charge is -2.15. The van der Waals surface area contributed by atoms with Crippen molar-refractivity contribution >= 4 is 5.91 Å². The van der Waals surface area contributed by atoms with E-state index in [4.69, 9.17) is 5.73 Å². The maximum absolute atomic E-state index is 11.7. The fraction of sp³-hybridized carbons (Fsp3) is 0.400. The van der Waals surface area contributed by atoms with Crippen LogP contribution in [0.2, 0.25) is 0 Å². The molecule has 21 heavy (non-hydrogen) atoms. The Kier molecular flexibility index (Phi) is 3.70. The van der Waals surface area contributed by atoms with Crippen molar-refractivity contribution in [3.8, 4) is 0 Å². The van der Waals surface area contributed by atoms with Gasteiger partial charge in [-0.15, -0.1) is 0 Å². The average Bonchev–Trinajstić information content (AvgIpc) is 3.06. The van der Waals surface area contributed by atoms with Crippen LogP contribution in [0.3, 0.4) is 0 Å². The van der Waals surface area contributed by atoms with Crippen LogP contribution >= 0.6 is 0 Å². The number of H-pyrrole nitrogens is 1. The molecule has 110 valence electrons. The molecule has 6 nitrogen and oxygen atoms in total. The Bertz CT molecular complexity index is 624. The van der Waals surface area contributed by atoms with E-state index >= 15 is 0 Å². The van der Waals surface area contributed by atoms with Gasteiger partial charge in [0.25, 0.3) is 0 Å². The Hall–Kier alpha value is -2.21. The second kappa shape index (κ2) is 5.65. The van der Waals surface area contributed by atoms with E-state index in [1.807, 2.05) is 25.1 Å². The standard InChI is InChI=1S/C15H19N5O/c1-10-17-15(19-18-10)13-9-20(8-12(13)14(16)21)7-11-5-3-2-4-6-11/h2-6,12-13H,7-9H2,1H3,(H2,16,21)(H,17,18,19)/t12-,13-/m1/s1. The zero-order valence-electron chi connectivity index (χ0n) is 12.0. The number of benzene rings is 1. The molecule has 1 aromatic heterocycles. The summed E-state index contributed by atoms with van der Waals surface area (Å²) >= 11 is 0. The Morgan fingerprint density at radius 1 is 1.38 bits per heavy atom. The summed E-state index contributed by atoms with van der Waals surface area (Å²) in [5.41, 5.74) is 6.79. The molecule has 1 aliphatic heterocycles. The number of primary amides is 1. The minimum Gasteiger partial charge on any atom is -0.369 e. The Labute approximate surface area is 123 Å². The molecule has 1 saturated heterocycles. The molecule has 3 N–H and O–H groups in total. The Balaban J connectivity index is 1.76. The number of carbonyl (C=O) groups excluding carboxylic acids is 1. The van der Waals surface area contributed by atoms with Crippen LogP contribution in [0.1, 0.15) is 23.1 Å². The second-order valence-electron chi connectivity index (χ2n) is 5.57. The number of rotatable bonds is 4. The van der Waals surface area contributed by atoms with Gasteiger partial charge in [0.05, 0.1) is 5.92 Å². The zero-order valence-corrected chi connectivity index (χ0v) is 12.0. The van der Waals surface area contributed by atoms with Crippen molar-refractivity contribution in [2.45, 2.75) is 19.4 Å². The first-order valence-corrected chi connectivity index (χ1v) is 7.08. The molecule has 1 aliphatic rings. The van der Waals surface area contributed by atoms with Crippen LogP contribution in [0.4, 0.5) is 0 Å². The number of aryl methyl sites for hydroxylation is 1. The number of nitrogens with zero attached hydrogens (tertiary/aromatic N) is 3. The first-order valence-electron chi connectivity index (χ1n) is 7.08. The summed E-state index contributed by atoms with van der Waals surface area (Å²) in [4.78, 5) is 18.3. The lowest BCUT2D eigenvalue weighted by Crippen LogP contribution is -2.29. The molecule has 0 bridgehead atoms. The molecule has 2 heterocycles. The van der Waals surface area contributed by atoms with Crippen molar-refractivity contribution in [3.63, 3.8) is 0 Å². The van der Waals surface area contributed by atoms with Crippen LogP contribution in [-0.2, 0) is 11.3 Å². The molecule has 1 aromatic carbocycles. The minimum absolute atomic E-state index is 0.0313. The summed E-state index contributed by atoms with van der Waals surface area (Å²) in [7, 11) is 0. The molecular weight excluding hydrogens is 266 g/mol. The monoisotopic (exact) mass is 285 g/mol. The van der Waals surface area contributed by atoms with E-state index in [1.165, 1.54) is 5.56 Å². The van der Waals surface area contributed by atoms with Gasteiger partial charge in [0.15, 0.2) is 5.82 Å². The highest BCUT2D eigenvalue weighted by Crippen LogP contribution is 2.31. The fourth-order valence-corrected chi connectivity index (χ4v) is 2.93. The van der Waals surface area contributed by atoms with E-state index in [0.29, 0.717) is 12.4 Å². The van der Waals surface area contributed by atoms with Crippen molar-refractivity contribution in [1.82, 2.24) is 20.1 Å². The van der Waals surface area contributed by atoms with Crippen LogP contribution in [-0.4, -0.2) is 39.1 Å². The van der Waals surface area contributed by atoms with Gasteiger partial charge in [0.1, 0.15) is 5.82 Å². The molecule has 0 unspecified atom stereocenters. The smallest absolute Gasteiger partial charge is 0.222 e. The largest absolute Gasteiger partial charge is 0.369 e. The van der Waals surface area contributed by atoms with Crippen molar-refractivity contribution in [3.05, 3.63) is 47.5 Å². The van der Waals surface area contributed by atoms with Gasteiger partial charge in [0, 0.05) is 25.6 Å². The van der Waals surface area contributed by atoms with Crippen LogP contribution in [0.25, 0.3) is 0 Å². The number of nitrogens with one attached hydrogen (secondary N) is 1. The lowest BCUT2D eigenvalue weighted by molar-refractivity contribution is -0.121. The highest BCUT2D eigenvalue weighted by atomic mass is 16.1. The van der Waals surface area contributed by atoms with E-state index in [1.54, 1.807) is 0 Å². The van der Waals surface area contributed by atoms with E-state index in [-0.39, 0.29) is 17.7 Å². The van der Waals surface area contributed by atoms with E-state index < -0.39 is 0 Å². The number of aromatic amines is 1. The molecular formula is C15H19N5O. The topological polar surface area (TPSA) is 87.9 Å². The molecule has 6 heteroatoms. The molecule has 1 amide bonds. The summed E-state index contributed by atoms with van der Waals surface area (Å²) in [6, 6.07) is 10.2. The number of likely N-dealkylation sites (tertiary alicyclic amines) is 1. The van der Waals surface area contributed by atoms with Gasteiger partial charge in [-0.25, -0.2) is 4.98 Å². The third-order valence-electron chi connectivity index (χ3n) is 3.96. The molecule has 0 saturated carbocycles. The van der Waals surface area contributed by atoms with Gasteiger partial charge in [-0.1, -0.05) is 30.3 Å². The number of nitrogens with two attached hydrogens (primary N) is 1. The summed E-state index contributed by atoms with van der Waals surface area (Å²) in [6.07, 6.45) is 0. The maximum Gasteiger partial charge on any atom is 0.222 e. The van der Waals surface area contributed by atoms with Gasteiger partial charge in [-0.05, 0) is 12.5 Å². The summed E-state index contributed by atoms with van der Waals surface area (Å²) < 4.78 is 0. The van der Waals surface area contributed by atoms with Gasteiger partial charge < -0.3 is 5.73 Å². The third kappa shape index (κ3) is 2.95. The van der Waals surface area contributed by atoms with Crippen molar-refractivity contribution in [2.75, 3.05) is 13.1 Å². The Morgan fingerprint density at radius 2 is 2.14 bits per heavy atom. The van der Waals surface area contributed by atoms with Crippen molar-refractivity contribution < 1.29 is 4.79 Å². The maximum atomic E-state index is 11.7. The van der Waals surface area contributed by atoms with Gasteiger partial charge >= 0.3 is 0 Å². The van der Waals surface area contributed by atoms with Gasteiger partial charge in [0.2, 0.25) is 5.91 Å². The highest BCUT2D eigenvalue weighted by molar-refractivity contribution is 5.78. The molecule has 2 atom stereocenters. The van der Waals surface area contributed by atoms with Crippen molar-refractivity contribution in [1.29, 1.82) is 0 Å². The molecule has 0 spiro atoms. The lowest BCUT2D eigenvalue weighted by atomic mass is 9.95. The van der Waals surface area contributed by atoms with E-state index in [2.05, 4.69) is 32.2 Å². The van der Waals surface area contributed by atoms with Crippen LogP contribution in [0, 0.1) is 12.8 Å². The van der Waals surface area contributed by atoms with Crippen LogP contribution in [0.15, 0.2) is 30.3 Å². The normalized spacial score (nSPS) is 22.5. The first kappa shape index (κ1) is 13.8. The fourth-order valence-electron chi connectivity index (χ4n) is 2.93.